The van der Waals surface area contributed by atoms with Crippen LogP contribution in [0.15, 0.2) is 54.6 Å². The highest BCUT2D eigenvalue weighted by Gasteiger charge is 2.29. The van der Waals surface area contributed by atoms with Crippen LogP contribution in [0.3, 0.4) is 0 Å². The Bertz CT molecular complexity index is 1110. The first-order valence-corrected chi connectivity index (χ1v) is 9.21. The number of fused-ring (bicyclic) bond motifs is 1. The Morgan fingerprint density at radius 3 is 2.62 bits per heavy atom. The van der Waals surface area contributed by atoms with Gasteiger partial charge in [0.2, 0.25) is 0 Å². The van der Waals surface area contributed by atoms with E-state index in [0.29, 0.717) is 21.6 Å². The molecule has 2 heterocycles. The van der Waals surface area contributed by atoms with Gasteiger partial charge in [-0.1, -0.05) is 41.9 Å². The van der Waals surface area contributed by atoms with Gasteiger partial charge in [0.25, 0.3) is 5.91 Å². The molecule has 1 aromatic heterocycles. The van der Waals surface area contributed by atoms with E-state index in [4.69, 9.17) is 21.1 Å². The molecule has 3 aromatic rings. The highest BCUT2D eigenvalue weighted by Crippen LogP contribution is 2.26. The van der Waals surface area contributed by atoms with Crippen molar-refractivity contribution in [3.63, 3.8) is 0 Å². The van der Waals surface area contributed by atoms with Gasteiger partial charge in [0, 0.05) is 16.0 Å². The molecule has 1 aliphatic rings. The zero-order chi connectivity index (χ0) is 20.4. The van der Waals surface area contributed by atoms with E-state index in [-0.39, 0.29) is 18.7 Å². The van der Waals surface area contributed by atoms with Crippen LogP contribution in [0, 0.1) is 0 Å². The van der Waals surface area contributed by atoms with Crippen molar-refractivity contribution >= 4 is 40.5 Å². The summed E-state index contributed by atoms with van der Waals surface area (Å²) in [5, 5.41) is 1.19. The van der Waals surface area contributed by atoms with E-state index >= 15 is 0 Å². The van der Waals surface area contributed by atoms with Crippen molar-refractivity contribution in [3.05, 3.63) is 65.2 Å². The summed E-state index contributed by atoms with van der Waals surface area (Å²) in [5.74, 6) is -1.31. The number of nitrogens with zero attached hydrogens (tertiary/aromatic N) is 2. The molecule has 0 saturated carbocycles. The smallest absolute Gasteiger partial charge is 0.416 e. The average Bonchev–Trinajstić information content (AvgIpc) is 3.17. The molecule has 0 atom stereocenters. The number of aromatic nitrogens is 1. The van der Waals surface area contributed by atoms with E-state index in [1.807, 2.05) is 6.07 Å². The van der Waals surface area contributed by atoms with E-state index in [1.54, 1.807) is 48.5 Å². The van der Waals surface area contributed by atoms with Crippen molar-refractivity contribution in [2.45, 2.75) is 0 Å². The van der Waals surface area contributed by atoms with Gasteiger partial charge in [-0.25, -0.2) is 19.5 Å². The van der Waals surface area contributed by atoms with E-state index in [9.17, 15) is 14.4 Å². The van der Waals surface area contributed by atoms with Crippen molar-refractivity contribution in [2.24, 2.45) is 0 Å². The van der Waals surface area contributed by atoms with Crippen molar-refractivity contribution in [2.75, 3.05) is 19.8 Å². The molecule has 8 heteroatoms. The first-order chi connectivity index (χ1) is 14.0. The second-order valence-corrected chi connectivity index (χ2v) is 6.75. The molecule has 1 aliphatic heterocycles. The first-order valence-electron chi connectivity index (χ1n) is 8.83. The van der Waals surface area contributed by atoms with Gasteiger partial charge in [-0.05, 0) is 24.3 Å². The number of carbonyl (C=O) groups is 3. The van der Waals surface area contributed by atoms with Crippen molar-refractivity contribution in [3.8, 4) is 11.3 Å². The first kappa shape index (κ1) is 18.9. The van der Waals surface area contributed by atoms with Gasteiger partial charge in [-0.15, -0.1) is 0 Å². The van der Waals surface area contributed by atoms with Crippen LogP contribution in [0.4, 0.5) is 4.79 Å². The summed E-state index contributed by atoms with van der Waals surface area (Å²) < 4.78 is 9.90. The number of imide groups is 1. The molecule has 146 valence electrons. The second kappa shape index (κ2) is 7.89. The van der Waals surface area contributed by atoms with Crippen LogP contribution in [0.2, 0.25) is 5.02 Å². The predicted molar refractivity (Wildman–Crippen MR) is 106 cm³/mol. The fraction of sp³-hybridized carbons (Fsp3) is 0.143. The van der Waals surface area contributed by atoms with E-state index < -0.39 is 24.6 Å². The van der Waals surface area contributed by atoms with Crippen molar-refractivity contribution in [1.82, 2.24) is 9.88 Å². The lowest BCUT2D eigenvalue weighted by atomic mass is 10.0. The minimum atomic E-state index is -0.731. The van der Waals surface area contributed by atoms with Gasteiger partial charge in [0.1, 0.15) is 6.61 Å². The summed E-state index contributed by atoms with van der Waals surface area (Å²) in [5.41, 5.74) is 2.24. The molecule has 7 nitrogen and oxygen atoms in total. The molecule has 0 bridgehead atoms. The standard InChI is InChI=1S/C21H15ClN2O5/c22-14-7-5-13(6-8-14)18-11-16(15-3-1-2-4-17(15)23-18)20(26)29-12-19(25)24-9-10-28-21(24)27/h1-8,11H,9-10,12H2. The number of rotatable bonds is 4. The maximum absolute atomic E-state index is 12.7. The van der Waals surface area contributed by atoms with Crippen molar-refractivity contribution < 1.29 is 23.9 Å². The molecule has 2 amide bonds. The van der Waals surface area contributed by atoms with Crippen LogP contribution < -0.4 is 0 Å². The Morgan fingerprint density at radius 2 is 1.90 bits per heavy atom. The molecular formula is C21H15ClN2O5. The van der Waals surface area contributed by atoms with Crippen LogP contribution in [0.25, 0.3) is 22.2 Å². The SMILES string of the molecule is O=C(OCC(=O)N1CCOC1=O)c1cc(-c2ccc(Cl)cc2)nc2ccccc12. The summed E-state index contributed by atoms with van der Waals surface area (Å²) in [7, 11) is 0. The normalized spacial score (nSPS) is 13.4. The molecule has 1 fully saturated rings. The monoisotopic (exact) mass is 410 g/mol. The van der Waals surface area contributed by atoms with E-state index in [2.05, 4.69) is 4.98 Å². The molecular weight excluding hydrogens is 396 g/mol. The third kappa shape index (κ3) is 3.90. The lowest BCUT2D eigenvalue weighted by Gasteiger charge is -2.12. The minimum Gasteiger partial charge on any atom is -0.452 e. The lowest BCUT2D eigenvalue weighted by molar-refractivity contribution is -0.131. The third-order valence-corrected chi connectivity index (χ3v) is 4.72. The quantitative estimate of drug-likeness (QED) is 0.610. The molecule has 1 saturated heterocycles. The number of hydrogen-bond acceptors (Lipinski definition) is 6. The number of benzene rings is 2. The number of halogens is 1. The molecule has 2 aromatic carbocycles. The minimum absolute atomic E-state index is 0.137. The number of ether oxygens (including phenoxy) is 2. The van der Waals surface area contributed by atoms with Crippen LogP contribution in [0.1, 0.15) is 10.4 Å². The van der Waals surface area contributed by atoms with Gasteiger partial charge >= 0.3 is 12.1 Å². The summed E-state index contributed by atoms with van der Waals surface area (Å²) >= 11 is 5.95. The molecule has 0 N–H and O–H groups in total. The van der Waals surface area contributed by atoms with Gasteiger partial charge in [-0.3, -0.25) is 4.79 Å². The van der Waals surface area contributed by atoms with Crippen LogP contribution >= 0.6 is 11.6 Å². The van der Waals surface area contributed by atoms with Crippen molar-refractivity contribution in [1.29, 1.82) is 0 Å². The number of hydrogen-bond donors (Lipinski definition) is 0. The summed E-state index contributed by atoms with van der Waals surface area (Å²) in [4.78, 5) is 41.8. The zero-order valence-corrected chi connectivity index (χ0v) is 15.9. The fourth-order valence-corrected chi connectivity index (χ4v) is 3.14. The third-order valence-electron chi connectivity index (χ3n) is 4.46. The van der Waals surface area contributed by atoms with Gasteiger partial charge in [0.15, 0.2) is 6.61 Å². The Labute approximate surface area is 170 Å². The second-order valence-electron chi connectivity index (χ2n) is 6.31. The fourth-order valence-electron chi connectivity index (χ4n) is 3.02. The molecule has 4 rings (SSSR count). The summed E-state index contributed by atoms with van der Waals surface area (Å²) in [6, 6.07) is 15.8. The number of esters is 1. The Kier molecular flexibility index (Phi) is 5.14. The number of para-hydroxylation sites is 1. The highest BCUT2D eigenvalue weighted by molar-refractivity contribution is 6.30. The Hall–Kier alpha value is -3.45. The molecule has 0 unspecified atom stereocenters. The molecule has 0 radical (unpaired) electrons. The van der Waals surface area contributed by atoms with Gasteiger partial charge < -0.3 is 9.47 Å². The molecule has 0 spiro atoms. The highest BCUT2D eigenvalue weighted by atomic mass is 35.5. The van der Waals surface area contributed by atoms with Crippen LogP contribution in [-0.4, -0.2) is 47.6 Å². The number of cyclic esters (lactones) is 1. The maximum Gasteiger partial charge on any atom is 0.416 e. The van der Waals surface area contributed by atoms with Crippen LogP contribution in [-0.2, 0) is 14.3 Å². The van der Waals surface area contributed by atoms with E-state index in [1.165, 1.54) is 0 Å². The lowest BCUT2D eigenvalue weighted by Crippen LogP contribution is -2.35. The topological polar surface area (TPSA) is 85.8 Å². The Balaban J connectivity index is 1.63. The van der Waals surface area contributed by atoms with E-state index in [0.717, 1.165) is 10.5 Å². The molecule has 0 aliphatic carbocycles. The molecule has 29 heavy (non-hydrogen) atoms. The predicted octanol–water partition coefficient (Wildman–Crippen LogP) is 3.69. The summed E-state index contributed by atoms with van der Waals surface area (Å²) in [6.45, 7) is -0.271. The number of pyridine rings is 1. The van der Waals surface area contributed by atoms with Crippen LogP contribution in [0.5, 0.6) is 0 Å². The zero-order valence-electron chi connectivity index (χ0n) is 15.1. The van der Waals surface area contributed by atoms with Gasteiger partial charge in [0.05, 0.1) is 23.3 Å². The average molecular weight is 411 g/mol. The Morgan fingerprint density at radius 1 is 1.14 bits per heavy atom. The van der Waals surface area contributed by atoms with Gasteiger partial charge in [-0.2, -0.15) is 0 Å². The summed E-state index contributed by atoms with van der Waals surface area (Å²) in [6.07, 6.45) is -0.731. The number of amides is 2. The maximum atomic E-state index is 12.7. The largest absolute Gasteiger partial charge is 0.452 e. The number of carbonyl (C=O) groups excluding carboxylic acids is 3.